The van der Waals surface area contributed by atoms with Crippen molar-refractivity contribution in [1.82, 2.24) is 15.5 Å². The molecule has 1 amide bonds. The molecule has 3 N–H and O–H groups in total. The number of carbonyl (C=O) groups is 1. The first-order chi connectivity index (χ1) is 13.2. The third-order valence-electron chi connectivity index (χ3n) is 5.85. The number of rotatable bonds is 6. The highest BCUT2D eigenvalue weighted by Crippen LogP contribution is 2.32. The van der Waals surface area contributed by atoms with Crippen LogP contribution in [0.5, 0.6) is 0 Å². The van der Waals surface area contributed by atoms with Crippen molar-refractivity contribution in [2.24, 2.45) is 10.9 Å². The number of carbonyl (C=O) groups excluding carboxylic acids is 1. The van der Waals surface area contributed by atoms with Crippen molar-refractivity contribution >= 4 is 17.6 Å². The summed E-state index contributed by atoms with van der Waals surface area (Å²) in [6, 6.07) is 8.95. The second-order valence-electron chi connectivity index (χ2n) is 8.02. The zero-order valence-electron chi connectivity index (χ0n) is 16.2. The number of guanidine groups is 1. The normalized spacial score (nSPS) is 25.8. The van der Waals surface area contributed by atoms with Crippen molar-refractivity contribution in [2.45, 2.75) is 44.6 Å². The fourth-order valence-corrected chi connectivity index (χ4v) is 4.25. The highest BCUT2D eigenvalue weighted by atomic mass is 16.1. The summed E-state index contributed by atoms with van der Waals surface area (Å²) < 4.78 is 0. The lowest BCUT2D eigenvalue weighted by molar-refractivity contribution is -0.116. The van der Waals surface area contributed by atoms with Crippen LogP contribution in [0.4, 0.5) is 5.69 Å². The standard InChI is InChI=1S/C21H31N5O/c1-2-22-21(23-12-15-9-10-26(14-15)17-7-8-17)24-13-16-11-20(27)25-19-6-4-3-5-18(16)19/h3-6,15-17H,2,7-14H2,1H3,(H,25,27)(H2,22,23,24). The molecule has 6 heteroatoms. The molecule has 146 valence electrons. The molecule has 0 radical (unpaired) electrons. The van der Waals surface area contributed by atoms with Gasteiger partial charge >= 0.3 is 0 Å². The van der Waals surface area contributed by atoms with Gasteiger partial charge in [0.2, 0.25) is 5.91 Å². The predicted molar refractivity (Wildman–Crippen MR) is 109 cm³/mol. The second-order valence-corrected chi connectivity index (χ2v) is 8.02. The molecule has 2 fully saturated rings. The van der Waals surface area contributed by atoms with Gasteiger partial charge in [-0.3, -0.25) is 9.79 Å². The van der Waals surface area contributed by atoms with Crippen LogP contribution in [0.1, 0.15) is 44.1 Å². The van der Waals surface area contributed by atoms with Crippen LogP contribution in [0.15, 0.2) is 29.3 Å². The molecule has 6 nitrogen and oxygen atoms in total. The Hall–Kier alpha value is -2.08. The maximum absolute atomic E-state index is 12.0. The van der Waals surface area contributed by atoms with Gasteiger partial charge in [0.1, 0.15) is 0 Å². The lowest BCUT2D eigenvalue weighted by Crippen LogP contribution is -2.41. The van der Waals surface area contributed by atoms with Gasteiger partial charge in [-0.1, -0.05) is 18.2 Å². The number of aliphatic imine (C=N–C) groups is 1. The monoisotopic (exact) mass is 369 g/mol. The van der Waals surface area contributed by atoms with Crippen molar-refractivity contribution in [3.63, 3.8) is 0 Å². The Morgan fingerprint density at radius 1 is 1.26 bits per heavy atom. The first-order valence-corrected chi connectivity index (χ1v) is 10.4. The van der Waals surface area contributed by atoms with Crippen LogP contribution in [-0.2, 0) is 4.79 Å². The summed E-state index contributed by atoms with van der Waals surface area (Å²) in [5.74, 6) is 1.80. The molecule has 2 heterocycles. The predicted octanol–water partition coefficient (Wildman–Crippen LogP) is 2.15. The molecule has 1 aromatic rings. The number of fused-ring (bicyclic) bond motifs is 1. The summed E-state index contributed by atoms with van der Waals surface area (Å²) >= 11 is 0. The van der Waals surface area contributed by atoms with E-state index < -0.39 is 0 Å². The third kappa shape index (κ3) is 4.61. The number of hydrogen-bond donors (Lipinski definition) is 3. The Morgan fingerprint density at radius 3 is 2.93 bits per heavy atom. The van der Waals surface area contributed by atoms with E-state index in [9.17, 15) is 4.79 Å². The Labute approximate surface area is 161 Å². The summed E-state index contributed by atoms with van der Waals surface area (Å²) in [5.41, 5.74) is 2.14. The molecule has 2 aliphatic heterocycles. The summed E-state index contributed by atoms with van der Waals surface area (Å²) in [5, 5.41) is 9.79. The van der Waals surface area contributed by atoms with E-state index in [0.29, 0.717) is 12.3 Å². The summed E-state index contributed by atoms with van der Waals surface area (Å²) in [7, 11) is 0. The van der Waals surface area contributed by atoms with Crippen molar-refractivity contribution < 1.29 is 4.79 Å². The Kier molecular flexibility index (Phi) is 5.62. The number of benzene rings is 1. The quantitative estimate of drug-likeness (QED) is 0.531. The van der Waals surface area contributed by atoms with Gasteiger partial charge in [0.25, 0.3) is 0 Å². The molecule has 0 aromatic heterocycles. The molecule has 2 atom stereocenters. The number of nitrogens with one attached hydrogen (secondary N) is 3. The van der Waals surface area contributed by atoms with Gasteiger partial charge in [0, 0.05) is 50.2 Å². The van der Waals surface area contributed by atoms with E-state index in [1.54, 1.807) is 0 Å². The molecular formula is C21H31N5O. The Balaban J connectivity index is 1.34. The minimum absolute atomic E-state index is 0.0913. The molecule has 0 spiro atoms. The minimum atomic E-state index is 0.0913. The fourth-order valence-electron chi connectivity index (χ4n) is 4.25. The van der Waals surface area contributed by atoms with Gasteiger partial charge in [-0.15, -0.1) is 0 Å². The molecule has 1 aliphatic carbocycles. The third-order valence-corrected chi connectivity index (χ3v) is 5.85. The largest absolute Gasteiger partial charge is 0.357 e. The van der Waals surface area contributed by atoms with Crippen LogP contribution in [0.2, 0.25) is 0 Å². The number of amides is 1. The summed E-state index contributed by atoms with van der Waals surface area (Å²) in [6.07, 6.45) is 4.55. The van der Waals surface area contributed by atoms with Crippen molar-refractivity contribution in [2.75, 3.05) is 38.0 Å². The number of para-hydroxylation sites is 1. The molecule has 1 aromatic carbocycles. The number of anilines is 1. The van der Waals surface area contributed by atoms with Crippen molar-refractivity contribution in [3.05, 3.63) is 29.8 Å². The zero-order valence-corrected chi connectivity index (χ0v) is 16.2. The molecular weight excluding hydrogens is 338 g/mol. The van der Waals surface area contributed by atoms with Gasteiger partial charge in [-0.2, -0.15) is 0 Å². The topological polar surface area (TPSA) is 68.8 Å². The maximum Gasteiger partial charge on any atom is 0.225 e. The summed E-state index contributed by atoms with van der Waals surface area (Å²) in [4.78, 5) is 19.5. The zero-order chi connectivity index (χ0) is 18.6. The molecule has 27 heavy (non-hydrogen) atoms. The highest BCUT2D eigenvalue weighted by molar-refractivity contribution is 5.94. The average Bonchev–Trinajstić information content (AvgIpc) is 3.42. The van der Waals surface area contributed by atoms with Gasteiger partial charge < -0.3 is 20.9 Å². The van der Waals surface area contributed by atoms with E-state index in [2.05, 4.69) is 33.8 Å². The van der Waals surface area contributed by atoms with Crippen LogP contribution in [-0.4, -0.2) is 55.5 Å². The van der Waals surface area contributed by atoms with Gasteiger partial charge in [0.15, 0.2) is 5.96 Å². The van der Waals surface area contributed by atoms with Gasteiger partial charge in [-0.05, 0) is 50.3 Å². The van der Waals surface area contributed by atoms with Crippen LogP contribution in [0.25, 0.3) is 0 Å². The maximum atomic E-state index is 12.0. The molecule has 2 unspecified atom stereocenters. The average molecular weight is 370 g/mol. The number of nitrogens with zero attached hydrogens (tertiary/aromatic N) is 2. The molecule has 1 saturated heterocycles. The Bertz CT molecular complexity index is 700. The Morgan fingerprint density at radius 2 is 2.11 bits per heavy atom. The van der Waals surface area contributed by atoms with Crippen LogP contribution in [0.3, 0.4) is 0 Å². The first kappa shape index (κ1) is 18.3. The van der Waals surface area contributed by atoms with Crippen molar-refractivity contribution in [3.8, 4) is 0 Å². The summed E-state index contributed by atoms with van der Waals surface area (Å²) in [6.45, 7) is 6.96. The van der Waals surface area contributed by atoms with E-state index in [1.807, 2.05) is 18.2 Å². The van der Waals surface area contributed by atoms with Crippen LogP contribution < -0.4 is 16.0 Å². The van der Waals surface area contributed by atoms with E-state index in [4.69, 9.17) is 4.99 Å². The molecule has 0 bridgehead atoms. The van der Waals surface area contributed by atoms with E-state index in [1.165, 1.54) is 37.9 Å². The SMILES string of the molecule is CCNC(=NCC1CCN(C2CC2)C1)NCC1CC(=O)Nc2ccccc21. The second kappa shape index (κ2) is 8.30. The number of likely N-dealkylation sites (tertiary alicyclic amines) is 1. The lowest BCUT2D eigenvalue weighted by Gasteiger charge is -2.26. The fraction of sp³-hybridized carbons (Fsp3) is 0.619. The van der Waals surface area contributed by atoms with E-state index >= 15 is 0 Å². The lowest BCUT2D eigenvalue weighted by atomic mass is 9.90. The first-order valence-electron chi connectivity index (χ1n) is 10.4. The smallest absolute Gasteiger partial charge is 0.225 e. The van der Waals surface area contributed by atoms with Gasteiger partial charge in [-0.25, -0.2) is 0 Å². The number of hydrogen-bond acceptors (Lipinski definition) is 3. The molecule has 1 saturated carbocycles. The van der Waals surface area contributed by atoms with Crippen molar-refractivity contribution in [1.29, 1.82) is 0 Å². The molecule has 3 aliphatic rings. The van der Waals surface area contributed by atoms with Crippen LogP contribution >= 0.6 is 0 Å². The molecule has 4 rings (SSSR count). The highest BCUT2D eigenvalue weighted by Gasteiger charge is 2.34. The van der Waals surface area contributed by atoms with Crippen LogP contribution in [0, 0.1) is 5.92 Å². The minimum Gasteiger partial charge on any atom is -0.357 e. The van der Waals surface area contributed by atoms with Gasteiger partial charge in [0.05, 0.1) is 0 Å². The van der Waals surface area contributed by atoms with E-state index in [-0.39, 0.29) is 11.8 Å². The van der Waals surface area contributed by atoms with E-state index in [0.717, 1.165) is 37.3 Å².